The first kappa shape index (κ1) is 11.8. The second-order valence-electron chi connectivity index (χ2n) is 3.31. The van der Waals surface area contributed by atoms with Crippen LogP contribution in [0.2, 0.25) is 0 Å². The van der Waals surface area contributed by atoms with Crippen LogP contribution in [0.4, 0.5) is 0 Å². The summed E-state index contributed by atoms with van der Waals surface area (Å²) in [6.45, 7) is -0.391. The lowest BCUT2D eigenvalue weighted by molar-refractivity contribution is -0.139. The number of hydrogen-bond donors (Lipinski definition) is 1. The van der Waals surface area contributed by atoms with Crippen molar-refractivity contribution in [3.05, 3.63) is 42.5 Å². The van der Waals surface area contributed by atoms with Crippen molar-refractivity contribution in [1.29, 1.82) is 0 Å². The molecule has 0 saturated carbocycles. The second-order valence-corrected chi connectivity index (χ2v) is 3.31. The average molecular weight is 246 g/mol. The average Bonchev–Trinajstić information content (AvgIpc) is 2.88. The molecule has 0 atom stereocenters. The maximum absolute atomic E-state index is 10.4. The van der Waals surface area contributed by atoms with Gasteiger partial charge >= 0.3 is 5.97 Å². The molecule has 7 nitrogen and oxygen atoms in total. The predicted octanol–water partition coefficient (Wildman–Crippen LogP) is 0.624. The largest absolute Gasteiger partial charge is 0.481 e. The Hall–Kier alpha value is -2.70. The molecule has 0 aliphatic heterocycles. The van der Waals surface area contributed by atoms with Crippen molar-refractivity contribution < 1.29 is 14.6 Å². The van der Waals surface area contributed by atoms with Crippen molar-refractivity contribution in [2.75, 3.05) is 6.61 Å². The lowest BCUT2D eigenvalue weighted by Crippen LogP contribution is -2.10. The Balaban J connectivity index is 2.14. The van der Waals surface area contributed by atoms with Gasteiger partial charge in [0, 0.05) is 5.56 Å². The van der Waals surface area contributed by atoms with E-state index in [0.29, 0.717) is 11.3 Å². The quantitative estimate of drug-likeness (QED) is 0.781. The monoisotopic (exact) mass is 246 g/mol. The Morgan fingerprint density at radius 1 is 1.39 bits per heavy atom. The number of benzene rings is 1. The third kappa shape index (κ3) is 3.14. The summed E-state index contributed by atoms with van der Waals surface area (Å²) < 4.78 is 6.56. The summed E-state index contributed by atoms with van der Waals surface area (Å²) in [5.74, 6) is -0.572. The first-order valence-electron chi connectivity index (χ1n) is 5.08. The van der Waals surface area contributed by atoms with Crippen LogP contribution in [0.5, 0.6) is 5.75 Å². The summed E-state index contributed by atoms with van der Waals surface area (Å²) in [4.78, 5) is 10.4. The van der Waals surface area contributed by atoms with Gasteiger partial charge in [0.05, 0.1) is 6.21 Å². The van der Waals surface area contributed by atoms with Crippen molar-refractivity contribution >= 4 is 12.2 Å². The minimum absolute atomic E-state index is 0.391. The molecular formula is C11H10N4O3. The molecule has 7 heteroatoms. The van der Waals surface area contributed by atoms with E-state index < -0.39 is 12.6 Å². The SMILES string of the molecule is O=C(O)COc1ccccc1C=Nn1cnnc1. The normalized spacial score (nSPS) is 10.7. The van der Waals surface area contributed by atoms with Gasteiger partial charge in [-0.25, -0.2) is 9.47 Å². The molecule has 0 spiro atoms. The van der Waals surface area contributed by atoms with Gasteiger partial charge in [-0.15, -0.1) is 10.2 Å². The summed E-state index contributed by atoms with van der Waals surface area (Å²) in [6, 6.07) is 7.01. The van der Waals surface area contributed by atoms with Crippen molar-refractivity contribution in [2.24, 2.45) is 5.10 Å². The van der Waals surface area contributed by atoms with Crippen LogP contribution in [-0.4, -0.2) is 38.8 Å². The molecule has 2 rings (SSSR count). The molecule has 0 saturated heterocycles. The standard InChI is InChI=1S/C11H10N4O3/c16-11(17)6-18-10-4-2-1-3-9(10)5-14-15-7-12-13-8-15/h1-5,7-8H,6H2,(H,16,17). The van der Waals surface area contributed by atoms with Gasteiger partial charge in [0.2, 0.25) is 0 Å². The molecule has 0 unspecified atom stereocenters. The zero-order valence-electron chi connectivity index (χ0n) is 9.30. The van der Waals surface area contributed by atoms with E-state index in [1.54, 1.807) is 30.5 Å². The molecule has 92 valence electrons. The summed E-state index contributed by atoms with van der Waals surface area (Å²) >= 11 is 0. The zero-order valence-corrected chi connectivity index (χ0v) is 9.30. The molecule has 18 heavy (non-hydrogen) atoms. The van der Waals surface area contributed by atoms with E-state index in [4.69, 9.17) is 9.84 Å². The Morgan fingerprint density at radius 2 is 2.11 bits per heavy atom. The molecule has 1 aromatic heterocycles. The van der Waals surface area contributed by atoms with Crippen molar-refractivity contribution in [3.8, 4) is 5.75 Å². The van der Waals surface area contributed by atoms with Crippen LogP contribution in [0.3, 0.4) is 0 Å². The minimum Gasteiger partial charge on any atom is -0.481 e. The van der Waals surface area contributed by atoms with Crippen LogP contribution in [0.1, 0.15) is 5.56 Å². The highest BCUT2D eigenvalue weighted by atomic mass is 16.5. The van der Waals surface area contributed by atoms with Gasteiger partial charge in [-0.05, 0) is 12.1 Å². The summed E-state index contributed by atoms with van der Waals surface area (Å²) in [7, 11) is 0. The molecule has 2 aromatic rings. The topological polar surface area (TPSA) is 89.6 Å². The van der Waals surface area contributed by atoms with E-state index in [9.17, 15) is 4.79 Å². The molecule has 1 N–H and O–H groups in total. The first-order valence-corrected chi connectivity index (χ1v) is 5.08. The van der Waals surface area contributed by atoms with E-state index in [-0.39, 0.29) is 0 Å². The molecule has 0 fully saturated rings. The van der Waals surface area contributed by atoms with Crippen molar-refractivity contribution in [2.45, 2.75) is 0 Å². The summed E-state index contributed by atoms with van der Waals surface area (Å²) in [5, 5.41) is 19.8. The van der Waals surface area contributed by atoms with Gasteiger partial charge in [0.25, 0.3) is 0 Å². The minimum atomic E-state index is -1.03. The van der Waals surface area contributed by atoms with Crippen molar-refractivity contribution in [3.63, 3.8) is 0 Å². The lowest BCUT2D eigenvalue weighted by atomic mass is 10.2. The van der Waals surface area contributed by atoms with Gasteiger partial charge in [-0.2, -0.15) is 5.10 Å². The van der Waals surface area contributed by atoms with Gasteiger partial charge in [-0.3, -0.25) is 0 Å². The molecule has 0 aliphatic carbocycles. The van der Waals surface area contributed by atoms with Crippen LogP contribution in [0.25, 0.3) is 0 Å². The number of hydrogen-bond acceptors (Lipinski definition) is 5. The number of ether oxygens (including phenoxy) is 1. The van der Waals surface area contributed by atoms with E-state index in [1.807, 2.05) is 0 Å². The van der Waals surface area contributed by atoms with Crippen molar-refractivity contribution in [1.82, 2.24) is 14.9 Å². The maximum atomic E-state index is 10.4. The van der Waals surface area contributed by atoms with E-state index in [0.717, 1.165) is 0 Å². The summed E-state index contributed by atoms with van der Waals surface area (Å²) in [6.07, 6.45) is 4.43. The zero-order chi connectivity index (χ0) is 12.8. The molecule has 0 bridgehead atoms. The van der Waals surface area contributed by atoms with Crippen LogP contribution < -0.4 is 4.74 Å². The Morgan fingerprint density at radius 3 is 2.83 bits per heavy atom. The van der Waals surface area contributed by atoms with Gasteiger partial charge in [0.15, 0.2) is 6.61 Å². The number of para-hydroxylation sites is 1. The fraction of sp³-hybridized carbons (Fsp3) is 0.0909. The lowest BCUT2D eigenvalue weighted by Gasteiger charge is -2.05. The molecule has 0 aliphatic rings. The summed E-state index contributed by atoms with van der Waals surface area (Å²) in [5.41, 5.74) is 0.674. The van der Waals surface area contributed by atoms with E-state index in [2.05, 4.69) is 15.3 Å². The number of nitrogens with zero attached hydrogens (tertiary/aromatic N) is 4. The molecule has 0 amide bonds. The van der Waals surface area contributed by atoms with Gasteiger partial charge in [0.1, 0.15) is 18.4 Å². The third-order valence-electron chi connectivity index (χ3n) is 2.01. The predicted molar refractivity (Wildman–Crippen MR) is 62.6 cm³/mol. The highest BCUT2D eigenvalue weighted by molar-refractivity contribution is 5.83. The van der Waals surface area contributed by atoms with Gasteiger partial charge in [-0.1, -0.05) is 12.1 Å². The van der Waals surface area contributed by atoms with E-state index >= 15 is 0 Å². The highest BCUT2D eigenvalue weighted by Gasteiger charge is 2.03. The number of rotatable bonds is 5. The number of carboxylic acid groups (broad SMARTS) is 1. The number of aromatic nitrogens is 3. The molecule has 0 radical (unpaired) electrons. The fourth-order valence-electron chi connectivity index (χ4n) is 1.24. The van der Waals surface area contributed by atoms with Gasteiger partial charge < -0.3 is 9.84 Å². The van der Waals surface area contributed by atoms with Crippen LogP contribution >= 0.6 is 0 Å². The Bertz CT molecular complexity index is 551. The number of aliphatic carboxylic acids is 1. The third-order valence-corrected chi connectivity index (χ3v) is 2.01. The number of carboxylic acids is 1. The fourth-order valence-corrected chi connectivity index (χ4v) is 1.24. The molecular weight excluding hydrogens is 236 g/mol. The maximum Gasteiger partial charge on any atom is 0.341 e. The number of carbonyl (C=O) groups is 1. The van der Waals surface area contributed by atoms with E-state index in [1.165, 1.54) is 17.3 Å². The first-order chi connectivity index (χ1) is 8.75. The smallest absolute Gasteiger partial charge is 0.341 e. The molecule has 1 aromatic carbocycles. The van der Waals surface area contributed by atoms with Crippen LogP contribution in [-0.2, 0) is 4.79 Å². The Kier molecular flexibility index (Phi) is 3.65. The highest BCUT2D eigenvalue weighted by Crippen LogP contribution is 2.15. The Labute approximate surface area is 102 Å². The second kappa shape index (κ2) is 5.58. The van der Waals surface area contributed by atoms with Crippen LogP contribution in [0.15, 0.2) is 42.0 Å². The van der Waals surface area contributed by atoms with Crippen LogP contribution in [0, 0.1) is 0 Å². The molecule has 1 heterocycles.